The molecule has 0 aliphatic heterocycles. The van der Waals surface area contributed by atoms with Crippen LogP contribution >= 0.6 is 0 Å². The lowest BCUT2D eigenvalue weighted by atomic mass is 10.1. The van der Waals surface area contributed by atoms with Crippen LogP contribution in [0.4, 0.5) is 26.8 Å². The van der Waals surface area contributed by atoms with E-state index in [0.717, 1.165) is 27.1 Å². The van der Waals surface area contributed by atoms with E-state index in [9.17, 15) is 14.4 Å². The number of nitrogens with zero attached hydrogens (tertiary/aromatic N) is 3. The molecule has 59 heavy (non-hydrogen) atoms. The van der Waals surface area contributed by atoms with Crippen molar-refractivity contribution in [2.45, 2.75) is 85.5 Å². The van der Waals surface area contributed by atoms with Crippen LogP contribution in [0.1, 0.15) is 68.0 Å². The summed E-state index contributed by atoms with van der Waals surface area (Å²) in [5.74, 6) is 2.37. The van der Waals surface area contributed by atoms with Crippen LogP contribution in [0.15, 0.2) is 109 Å². The summed E-state index contributed by atoms with van der Waals surface area (Å²) in [4.78, 5) is 47.9. The SMILES string of the molecule is CC(C)(C)OC(=O)Cc1cc(Oc2ccc(N(C(=O)OC(C)(C)C)C(=O)OC(C)(C)C)c3ccccc23)ccn1.Nc1cc(Oc2ccc(N)c3ccccc23)ccn1. The molecule has 2 heterocycles. The van der Waals surface area contributed by atoms with Crippen LogP contribution in [0.5, 0.6) is 23.0 Å². The number of amides is 2. The maximum Gasteiger partial charge on any atom is 0.424 e. The number of esters is 1. The van der Waals surface area contributed by atoms with Gasteiger partial charge in [0.15, 0.2) is 0 Å². The first-order valence-electron chi connectivity index (χ1n) is 18.9. The molecule has 0 saturated heterocycles. The second-order valence-corrected chi connectivity index (χ2v) is 16.5. The largest absolute Gasteiger partial charge is 0.460 e. The molecule has 4 N–H and O–H groups in total. The molecule has 13 heteroatoms. The molecule has 2 amide bonds. The minimum atomic E-state index is -0.860. The summed E-state index contributed by atoms with van der Waals surface area (Å²) in [6.07, 6.45) is 1.44. The summed E-state index contributed by atoms with van der Waals surface area (Å²) in [5, 5.41) is 3.15. The van der Waals surface area contributed by atoms with Crippen LogP contribution < -0.4 is 25.8 Å². The van der Waals surface area contributed by atoms with Crippen LogP contribution in [0, 0.1) is 0 Å². The predicted molar refractivity (Wildman–Crippen MR) is 230 cm³/mol. The third-order valence-electron chi connectivity index (χ3n) is 7.91. The third-order valence-corrected chi connectivity index (χ3v) is 7.91. The lowest BCUT2D eigenvalue weighted by Crippen LogP contribution is -2.43. The zero-order valence-corrected chi connectivity index (χ0v) is 34.9. The van der Waals surface area contributed by atoms with E-state index in [-0.39, 0.29) is 12.1 Å². The minimum Gasteiger partial charge on any atom is -0.460 e. The van der Waals surface area contributed by atoms with Gasteiger partial charge in [-0.3, -0.25) is 9.78 Å². The fourth-order valence-electron chi connectivity index (χ4n) is 5.70. The lowest BCUT2D eigenvalue weighted by molar-refractivity contribution is -0.154. The highest BCUT2D eigenvalue weighted by atomic mass is 16.6. The van der Waals surface area contributed by atoms with Gasteiger partial charge in [-0.1, -0.05) is 48.5 Å². The normalized spacial score (nSPS) is 11.5. The van der Waals surface area contributed by atoms with Gasteiger partial charge in [0.25, 0.3) is 0 Å². The molecule has 6 rings (SSSR count). The second kappa shape index (κ2) is 17.7. The van der Waals surface area contributed by atoms with E-state index >= 15 is 0 Å². The number of pyridine rings is 2. The first-order valence-corrected chi connectivity index (χ1v) is 18.9. The standard InChI is InChI=1S/C31H38N2O7.C15H13N3O/c1-29(2,3)38-26(34)19-20-18-21(16-17-32-20)37-25-15-14-24(22-12-10-11-13-23(22)25)33(27(35)39-30(4,5)6)28(36)40-31(7,8)9;16-13-5-6-14(12-4-2-1-3-11(12)13)19-10-7-8-18-15(17)9-10/h10-18H,19H2,1-9H3;1-9H,16H2,(H2,17,18). The fraction of sp³-hybridized carbons (Fsp3) is 0.283. The molecule has 308 valence electrons. The van der Waals surface area contributed by atoms with E-state index in [2.05, 4.69) is 9.97 Å². The van der Waals surface area contributed by atoms with Gasteiger partial charge in [-0.25, -0.2) is 14.6 Å². The van der Waals surface area contributed by atoms with Gasteiger partial charge in [0.1, 0.15) is 45.6 Å². The summed E-state index contributed by atoms with van der Waals surface area (Å²) < 4.78 is 28.5. The molecule has 0 unspecified atom stereocenters. The topological polar surface area (TPSA) is 178 Å². The molecule has 2 aromatic heterocycles. The molecule has 0 atom stereocenters. The number of benzene rings is 4. The van der Waals surface area contributed by atoms with Crippen LogP contribution in [0.25, 0.3) is 21.5 Å². The van der Waals surface area contributed by atoms with Crippen LogP contribution in [0.2, 0.25) is 0 Å². The summed E-state index contributed by atoms with van der Waals surface area (Å²) >= 11 is 0. The molecule has 13 nitrogen and oxygen atoms in total. The Labute approximate surface area is 344 Å². The molecule has 4 aromatic carbocycles. The van der Waals surface area contributed by atoms with Gasteiger partial charge in [-0.2, -0.15) is 4.90 Å². The Hall–Kier alpha value is -6.89. The number of hydrogen-bond donors (Lipinski definition) is 2. The van der Waals surface area contributed by atoms with E-state index < -0.39 is 35.0 Å². The monoisotopic (exact) mass is 801 g/mol. The quantitative estimate of drug-likeness (QED) is 0.0888. The molecule has 0 fully saturated rings. The molecule has 0 saturated carbocycles. The average molecular weight is 802 g/mol. The Bertz CT molecular complexity index is 2440. The number of carbonyl (C=O) groups excluding carboxylic acids is 3. The van der Waals surface area contributed by atoms with Gasteiger partial charge >= 0.3 is 18.2 Å². The Morgan fingerprint density at radius 3 is 1.58 bits per heavy atom. The molecule has 0 aliphatic rings. The number of nitrogens with two attached hydrogens (primary N) is 2. The number of aromatic nitrogens is 2. The van der Waals surface area contributed by atoms with Gasteiger partial charge in [-0.05, 0) is 98.7 Å². The maximum absolute atomic E-state index is 13.2. The van der Waals surface area contributed by atoms with Gasteiger partial charge in [0, 0.05) is 51.8 Å². The number of ether oxygens (including phenoxy) is 5. The maximum atomic E-state index is 13.2. The van der Waals surface area contributed by atoms with Crippen molar-refractivity contribution in [1.82, 2.24) is 9.97 Å². The van der Waals surface area contributed by atoms with Gasteiger partial charge in [0.05, 0.1) is 17.8 Å². The van der Waals surface area contributed by atoms with E-state index in [1.165, 1.54) is 0 Å². The molecular weight excluding hydrogens is 751 g/mol. The molecular formula is C46H51N5O8. The minimum absolute atomic E-state index is 0.00507. The first kappa shape index (κ1) is 43.2. The number of nitrogen functional groups attached to an aromatic ring is 2. The fourth-order valence-corrected chi connectivity index (χ4v) is 5.70. The zero-order valence-electron chi connectivity index (χ0n) is 34.9. The number of imide groups is 1. The molecule has 6 aromatic rings. The van der Waals surface area contributed by atoms with Crippen LogP contribution in [-0.4, -0.2) is 44.9 Å². The number of anilines is 3. The van der Waals surface area contributed by atoms with Crippen LogP contribution in [0.3, 0.4) is 0 Å². The summed E-state index contributed by atoms with van der Waals surface area (Å²) in [6.45, 7) is 15.7. The molecule has 0 bridgehead atoms. The Kier molecular flexibility index (Phi) is 13.0. The summed E-state index contributed by atoms with van der Waals surface area (Å²) in [6, 6.07) is 28.8. The van der Waals surface area contributed by atoms with Gasteiger partial charge in [0.2, 0.25) is 0 Å². The number of carbonyl (C=O) groups is 3. The lowest BCUT2D eigenvalue weighted by Gasteiger charge is -2.29. The van der Waals surface area contributed by atoms with E-state index in [1.807, 2.05) is 48.5 Å². The van der Waals surface area contributed by atoms with Crippen molar-refractivity contribution in [2.24, 2.45) is 0 Å². The van der Waals surface area contributed by atoms with Crippen molar-refractivity contribution in [2.75, 3.05) is 16.4 Å². The number of fused-ring (bicyclic) bond motifs is 2. The highest BCUT2D eigenvalue weighted by molar-refractivity contribution is 6.15. The first-order chi connectivity index (χ1) is 27.7. The van der Waals surface area contributed by atoms with Gasteiger partial charge in [-0.15, -0.1) is 0 Å². The predicted octanol–water partition coefficient (Wildman–Crippen LogP) is 10.8. The Balaban J connectivity index is 0.000000287. The highest BCUT2D eigenvalue weighted by Crippen LogP contribution is 2.38. The van der Waals surface area contributed by atoms with Crippen molar-refractivity contribution in [3.05, 3.63) is 115 Å². The van der Waals surface area contributed by atoms with Gasteiger partial charge < -0.3 is 35.2 Å². The van der Waals surface area contributed by atoms with Crippen molar-refractivity contribution >= 4 is 56.9 Å². The van der Waals surface area contributed by atoms with E-state index in [1.54, 1.807) is 123 Å². The third kappa shape index (κ3) is 12.3. The number of hydrogen-bond acceptors (Lipinski definition) is 12. The second-order valence-electron chi connectivity index (χ2n) is 16.5. The van der Waals surface area contributed by atoms with Crippen molar-refractivity contribution in [1.29, 1.82) is 0 Å². The molecule has 0 aliphatic carbocycles. The van der Waals surface area contributed by atoms with Crippen molar-refractivity contribution < 1.29 is 38.1 Å². The van der Waals surface area contributed by atoms with E-state index in [0.29, 0.717) is 39.5 Å². The Morgan fingerprint density at radius 1 is 0.559 bits per heavy atom. The molecule has 0 spiro atoms. The molecule has 0 radical (unpaired) electrons. The smallest absolute Gasteiger partial charge is 0.424 e. The van der Waals surface area contributed by atoms with E-state index in [4.69, 9.17) is 35.2 Å². The Morgan fingerprint density at radius 2 is 1.03 bits per heavy atom. The van der Waals surface area contributed by atoms with Crippen molar-refractivity contribution in [3.8, 4) is 23.0 Å². The van der Waals surface area contributed by atoms with Crippen LogP contribution in [-0.2, 0) is 25.4 Å². The summed E-state index contributed by atoms with van der Waals surface area (Å²) in [7, 11) is 0. The zero-order chi connectivity index (χ0) is 43.1. The summed E-state index contributed by atoms with van der Waals surface area (Å²) in [5.41, 5.74) is 10.8. The average Bonchev–Trinajstić information content (AvgIpc) is 3.12. The highest BCUT2D eigenvalue weighted by Gasteiger charge is 2.34. The number of rotatable bonds is 7. The van der Waals surface area contributed by atoms with Crippen molar-refractivity contribution in [3.63, 3.8) is 0 Å².